The molecular formula is C16H27N7O. The molecule has 0 atom stereocenters. The lowest BCUT2D eigenvalue weighted by Gasteiger charge is -2.17. The van der Waals surface area contributed by atoms with Crippen molar-refractivity contribution < 1.29 is 4.79 Å². The van der Waals surface area contributed by atoms with Crippen molar-refractivity contribution in [2.75, 3.05) is 12.3 Å². The number of allylic oxidation sites excluding steroid dienone is 1. The maximum absolute atomic E-state index is 11.9. The molecule has 8 nitrogen and oxygen atoms in total. The first-order chi connectivity index (χ1) is 11.6. The standard InChI is InChI=1S/C16H27N7O/c1-19-14(8-4-7-13-9-20-16(17)22-13)10-23(18)11-15(24)21-12-5-2-3-6-12/h9-10,12H,1-8,11,18H2,(H,21,24)(H3,17,20,22)/b14-10-. The minimum atomic E-state index is -0.0583. The molecule has 1 heterocycles. The van der Waals surface area contributed by atoms with Crippen molar-refractivity contribution in [3.8, 4) is 0 Å². The first-order valence-corrected chi connectivity index (χ1v) is 8.34. The number of hydrogen-bond acceptors (Lipinski definition) is 6. The minimum Gasteiger partial charge on any atom is -0.369 e. The van der Waals surface area contributed by atoms with E-state index in [1.807, 2.05) is 0 Å². The Labute approximate surface area is 142 Å². The number of carbonyl (C=O) groups excluding carboxylic acids is 1. The van der Waals surface area contributed by atoms with Gasteiger partial charge in [-0.3, -0.25) is 9.79 Å². The highest BCUT2D eigenvalue weighted by atomic mass is 16.2. The molecule has 132 valence electrons. The molecule has 1 amide bonds. The third kappa shape index (κ3) is 6.04. The van der Waals surface area contributed by atoms with E-state index in [0.717, 1.165) is 37.1 Å². The summed E-state index contributed by atoms with van der Waals surface area (Å²) in [5.41, 5.74) is 7.27. The number of anilines is 1. The molecule has 1 aromatic heterocycles. The van der Waals surface area contributed by atoms with E-state index < -0.39 is 0 Å². The van der Waals surface area contributed by atoms with Gasteiger partial charge in [0.2, 0.25) is 5.91 Å². The molecule has 0 saturated heterocycles. The predicted octanol–water partition coefficient (Wildman–Crippen LogP) is 1.09. The average molecular weight is 333 g/mol. The highest BCUT2D eigenvalue weighted by Gasteiger charge is 2.17. The average Bonchev–Trinajstić information content (AvgIpc) is 3.17. The largest absolute Gasteiger partial charge is 0.369 e. The Bertz CT molecular complexity index is 575. The number of hydrazine groups is 1. The fourth-order valence-electron chi connectivity index (χ4n) is 2.89. The zero-order chi connectivity index (χ0) is 17.4. The number of rotatable bonds is 9. The van der Waals surface area contributed by atoms with Gasteiger partial charge >= 0.3 is 0 Å². The highest BCUT2D eigenvalue weighted by molar-refractivity contribution is 5.78. The van der Waals surface area contributed by atoms with Crippen molar-refractivity contribution in [3.63, 3.8) is 0 Å². The fraction of sp³-hybridized carbons (Fsp3) is 0.562. The van der Waals surface area contributed by atoms with Gasteiger partial charge < -0.3 is 21.0 Å². The van der Waals surface area contributed by atoms with Crippen LogP contribution in [-0.4, -0.2) is 40.2 Å². The van der Waals surface area contributed by atoms with Crippen molar-refractivity contribution in [3.05, 3.63) is 23.8 Å². The van der Waals surface area contributed by atoms with Crippen LogP contribution in [0.2, 0.25) is 0 Å². The lowest BCUT2D eigenvalue weighted by Crippen LogP contribution is -2.41. The van der Waals surface area contributed by atoms with Crippen LogP contribution < -0.4 is 16.9 Å². The Morgan fingerprint density at radius 1 is 1.54 bits per heavy atom. The first kappa shape index (κ1) is 18.0. The van der Waals surface area contributed by atoms with Gasteiger partial charge in [-0.05, 0) is 38.8 Å². The van der Waals surface area contributed by atoms with Gasteiger partial charge in [0, 0.05) is 17.9 Å². The van der Waals surface area contributed by atoms with Crippen LogP contribution in [0.4, 0.5) is 5.95 Å². The lowest BCUT2D eigenvalue weighted by atomic mass is 10.1. The maximum atomic E-state index is 11.9. The smallest absolute Gasteiger partial charge is 0.241 e. The van der Waals surface area contributed by atoms with Crippen LogP contribution in [0.15, 0.2) is 23.1 Å². The van der Waals surface area contributed by atoms with E-state index in [1.54, 1.807) is 12.4 Å². The van der Waals surface area contributed by atoms with Crippen LogP contribution >= 0.6 is 0 Å². The number of imidazole rings is 1. The van der Waals surface area contributed by atoms with Crippen LogP contribution in [0.1, 0.15) is 44.2 Å². The topological polar surface area (TPSA) is 125 Å². The van der Waals surface area contributed by atoms with Gasteiger partial charge in [0.25, 0.3) is 0 Å². The molecule has 1 fully saturated rings. The Balaban J connectivity index is 1.73. The van der Waals surface area contributed by atoms with Crippen LogP contribution in [-0.2, 0) is 11.2 Å². The predicted molar refractivity (Wildman–Crippen MR) is 94.9 cm³/mol. The normalized spacial score (nSPS) is 15.5. The minimum absolute atomic E-state index is 0.0583. The zero-order valence-corrected chi connectivity index (χ0v) is 14.0. The summed E-state index contributed by atoms with van der Waals surface area (Å²) in [6, 6.07) is 0.300. The fourth-order valence-corrected chi connectivity index (χ4v) is 2.89. The van der Waals surface area contributed by atoms with E-state index in [4.69, 9.17) is 11.6 Å². The number of aryl methyl sites for hydroxylation is 1. The van der Waals surface area contributed by atoms with Gasteiger partial charge in [-0.2, -0.15) is 0 Å². The maximum Gasteiger partial charge on any atom is 0.241 e. The molecule has 1 aromatic rings. The van der Waals surface area contributed by atoms with Gasteiger partial charge in [0.05, 0.1) is 11.9 Å². The van der Waals surface area contributed by atoms with E-state index in [-0.39, 0.29) is 12.5 Å². The number of nitrogens with one attached hydrogen (secondary N) is 2. The van der Waals surface area contributed by atoms with E-state index in [1.165, 1.54) is 17.9 Å². The molecule has 24 heavy (non-hydrogen) atoms. The number of hydrogen-bond donors (Lipinski definition) is 4. The molecule has 0 aromatic carbocycles. The van der Waals surface area contributed by atoms with Crippen molar-refractivity contribution in [2.45, 2.75) is 51.0 Å². The van der Waals surface area contributed by atoms with Gasteiger partial charge in [0.1, 0.15) is 6.54 Å². The number of aromatic nitrogens is 2. The van der Waals surface area contributed by atoms with Crippen LogP contribution in [0.5, 0.6) is 0 Å². The molecule has 6 N–H and O–H groups in total. The summed E-state index contributed by atoms with van der Waals surface area (Å²) in [4.78, 5) is 22.9. The summed E-state index contributed by atoms with van der Waals surface area (Å²) in [6.45, 7) is 3.68. The number of nitrogens with two attached hydrogens (primary N) is 2. The van der Waals surface area contributed by atoms with Gasteiger partial charge in [0.15, 0.2) is 5.95 Å². The summed E-state index contributed by atoms with van der Waals surface area (Å²) < 4.78 is 0. The zero-order valence-electron chi connectivity index (χ0n) is 14.0. The van der Waals surface area contributed by atoms with Gasteiger partial charge in [-0.15, -0.1) is 0 Å². The molecule has 1 saturated carbocycles. The monoisotopic (exact) mass is 333 g/mol. The molecule has 0 radical (unpaired) electrons. The van der Waals surface area contributed by atoms with Gasteiger partial charge in [-0.25, -0.2) is 10.8 Å². The molecule has 1 aliphatic rings. The first-order valence-electron chi connectivity index (χ1n) is 8.34. The Kier molecular flexibility index (Phi) is 6.80. The van der Waals surface area contributed by atoms with Crippen LogP contribution in [0.25, 0.3) is 0 Å². The third-order valence-electron chi connectivity index (χ3n) is 4.09. The third-order valence-corrected chi connectivity index (χ3v) is 4.09. The summed E-state index contributed by atoms with van der Waals surface area (Å²) in [7, 11) is 0. The Morgan fingerprint density at radius 3 is 2.92 bits per heavy atom. The Morgan fingerprint density at radius 2 is 2.29 bits per heavy atom. The molecule has 0 spiro atoms. The van der Waals surface area contributed by atoms with Crippen molar-refractivity contribution >= 4 is 18.6 Å². The van der Waals surface area contributed by atoms with E-state index in [9.17, 15) is 4.79 Å². The number of carbonyl (C=O) groups is 1. The molecule has 2 rings (SSSR count). The van der Waals surface area contributed by atoms with E-state index >= 15 is 0 Å². The molecule has 0 unspecified atom stereocenters. The Hall–Kier alpha value is -2.35. The SMILES string of the molecule is C=N/C(=C\N(N)CC(=O)NC1CCCC1)CCCc1cnc(N)[nH]1. The second-order valence-corrected chi connectivity index (χ2v) is 6.15. The van der Waals surface area contributed by atoms with Crippen molar-refractivity contribution in [2.24, 2.45) is 10.8 Å². The summed E-state index contributed by atoms with van der Waals surface area (Å²) in [5.74, 6) is 6.25. The quantitative estimate of drug-likeness (QED) is 0.306. The van der Waals surface area contributed by atoms with Crippen molar-refractivity contribution in [1.29, 1.82) is 0 Å². The van der Waals surface area contributed by atoms with Crippen molar-refractivity contribution in [1.82, 2.24) is 20.3 Å². The van der Waals surface area contributed by atoms with Crippen LogP contribution in [0.3, 0.4) is 0 Å². The van der Waals surface area contributed by atoms with Gasteiger partial charge in [-0.1, -0.05) is 12.8 Å². The molecule has 8 heteroatoms. The summed E-state index contributed by atoms with van der Waals surface area (Å²) >= 11 is 0. The highest BCUT2D eigenvalue weighted by Crippen LogP contribution is 2.17. The number of aromatic amines is 1. The van der Waals surface area contributed by atoms with E-state index in [2.05, 4.69) is 27.0 Å². The number of aliphatic imine (C=N–C) groups is 1. The second-order valence-electron chi connectivity index (χ2n) is 6.15. The number of nitrogen functional groups attached to an aromatic ring is 1. The molecular weight excluding hydrogens is 306 g/mol. The number of nitrogens with zero attached hydrogens (tertiary/aromatic N) is 3. The number of amides is 1. The van der Waals surface area contributed by atoms with E-state index in [0.29, 0.717) is 18.4 Å². The van der Waals surface area contributed by atoms with Crippen LogP contribution in [0, 0.1) is 0 Å². The summed E-state index contributed by atoms with van der Waals surface area (Å²) in [6.07, 6.45) is 10.3. The second kappa shape index (κ2) is 9.07. The molecule has 0 bridgehead atoms. The number of H-pyrrole nitrogens is 1. The molecule has 1 aliphatic carbocycles. The summed E-state index contributed by atoms with van der Waals surface area (Å²) in [5, 5.41) is 4.37. The molecule has 0 aliphatic heterocycles. The lowest BCUT2D eigenvalue weighted by molar-refractivity contribution is -0.122.